The van der Waals surface area contributed by atoms with Gasteiger partial charge in [-0.15, -0.1) is 0 Å². The van der Waals surface area contributed by atoms with Gasteiger partial charge in [0.1, 0.15) is 12.4 Å². The van der Waals surface area contributed by atoms with Gasteiger partial charge in [-0.25, -0.2) is 5.48 Å². The molecule has 182 valence electrons. The Morgan fingerprint density at radius 2 is 1.79 bits per heavy atom. The highest BCUT2D eigenvalue weighted by molar-refractivity contribution is 5.94. The third-order valence-electron chi connectivity index (χ3n) is 6.73. The van der Waals surface area contributed by atoms with Gasteiger partial charge in [0.05, 0.1) is 5.57 Å². The van der Waals surface area contributed by atoms with Crippen LogP contribution in [0.5, 0.6) is 5.75 Å². The molecule has 4 rings (SSSR count). The number of carbonyl (C=O) groups excluding carboxylic acids is 2. The number of unbranched alkanes of at least 4 members (excludes halogenated alkanes) is 2. The summed E-state index contributed by atoms with van der Waals surface area (Å²) in [6, 6.07) is 14.9. The molecule has 2 aliphatic rings. The van der Waals surface area contributed by atoms with Crippen molar-refractivity contribution in [2.45, 2.75) is 63.5 Å². The maximum Gasteiger partial charge on any atom is 0.250 e. The number of allylic oxidation sites excluding steroid dienone is 1. The summed E-state index contributed by atoms with van der Waals surface area (Å²) >= 11 is 0. The molecule has 2 aromatic rings. The first kappa shape index (κ1) is 24.2. The zero-order chi connectivity index (χ0) is 23.8. The molecule has 2 amide bonds. The van der Waals surface area contributed by atoms with E-state index >= 15 is 0 Å². The molecule has 7 heteroatoms. The number of hydrogen-bond donors (Lipinski definition) is 3. The van der Waals surface area contributed by atoms with Crippen LogP contribution in [0.15, 0.2) is 54.1 Å². The fourth-order valence-electron chi connectivity index (χ4n) is 4.58. The van der Waals surface area contributed by atoms with Gasteiger partial charge in [-0.3, -0.25) is 14.8 Å². The molecule has 2 fully saturated rings. The molecule has 1 aliphatic heterocycles. The maximum absolute atomic E-state index is 13.2. The zero-order valence-electron chi connectivity index (χ0n) is 19.7. The van der Waals surface area contributed by atoms with Gasteiger partial charge >= 0.3 is 0 Å². The highest BCUT2D eigenvalue weighted by Crippen LogP contribution is 2.29. The molecule has 2 aromatic carbocycles. The molecule has 7 nitrogen and oxygen atoms in total. The second-order valence-electron chi connectivity index (χ2n) is 9.29. The Morgan fingerprint density at radius 3 is 2.56 bits per heavy atom. The van der Waals surface area contributed by atoms with Gasteiger partial charge in [-0.2, -0.15) is 0 Å². The number of nitrogens with zero attached hydrogens (tertiary/aromatic N) is 1. The van der Waals surface area contributed by atoms with E-state index in [-0.39, 0.29) is 25.0 Å². The predicted molar refractivity (Wildman–Crippen MR) is 132 cm³/mol. The van der Waals surface area contributed by atoms with Crippen LogP contribution in [0.25, 0.3) is 10.8 Å². The van der Waals surface area contributed by atoms with Crippen LogP contribution in [0.3, 0.4) is 0 Å². The molecule has 3 N–H and O–H groups in total. The third kappa shape index (κ3) is 6.81. The van der Waals surface area contributed by atoms with Crippen LogP contribution < -0.4 is 15.5 Å². The molecule has 0 spiro atoms. The van der Waals surface area contributed by atoms with Crippen molar-refractivity contribution in [2.75, 3.05) is 19.7 Å². The van der Waals surface area contributed by atoms with E-state index in [1.807, 2.05) is 48.5 Å². The average Bonchev–Trinajstić information content (AvgIpc) is 3.71. The van der Waals surface area contributed by atoms with Crippen LogP contribution in [0.2, 0.25) is 0 Å². The summed E-state index contributed by atoms with van der Waals surface area (Å²) in [5.41, 5.74) is 2.27. The van der Waals surface area contributed by atoms with E-state index in [9.17, 15) is 9.59 Å². The number of ether oxygens (including phenoxy) is 1. The quantitative estimate of drug-likeness (QED) is 0.202. The van der Waals surface area contributed by atoms with E-state index < -0.39 is 5.91 Å². The molecule has 1 aliphatic carbocycles. The fourth-order valence-corrected chi connectivity index (χ4v) is 4.58. The Balaban J connectivity index is 1.36. The lowest BCUT2D eigenvalue weighted by molar-refractivity contribution is -0.129. The van der Waals surface area contributed by atoms with E-state index in [4.69, 9.17) is 9.94 Å². The third-order valence-corrected chi connectivity index (χ3v) is 6.73. The van der Waals surface area contributed by atoms with Crippen molar-refractivity contribution in [2.24, 2.45) is 0 Å². The number of fused-ring (bicyclic) bond motifs is 1. The normalized spacial score (nSPS) is 17.5. The summed E-state index contributed by atoms with van der Waals surface area (Å²) in [5, 5.41) is 14.0. The van der Waals surface area contributed by atoms with Gasteiger partial charge in [-0.1, -0.05) is 42.5 Å². The van der Waals surface area contributed by atoms with Crippen molar-refractivity contribution in [1.82, 2.24) is 15.7 Å². The molecule has 34 heavy (non-hydrogen) atoms. The molecule has 0 radical (unpaired) electrons. The summed E-state index contributed by atoms with van der Waals surface area (Å²) < 4.78 is 6.13. The summed E-state index contributed by atoms with van der Waals surface area (Å²) in [6.45, 7) is 2.29. The number of benzene rings is 2. The van der Waals surface area contributed by atoms with Gasteiger partial charge in [-0.05, 0) is 56.4 Å². The standard InChI is InChI=1S/C27H35N3O4/c31-26(29-33)12-3-1-2-8-21(19-34-25-11-6-9-20-7-4-5-10-24(20)25)27(32)28-22-15-17-30(18-16-22)23-13-14-23/h4-11,22-23,33H,1-3,12-19H2,(H,28,32)(H,29,31)/b21-8+. The number of amides is 2. The number of hydrogen-bond acceptors (Lipinski definition) is 5. The molecular weight excluding hydrogens is 430 g/mol. The maximum atomic E-state index is 13.2. The Morgan fingerprint density at radius 1 is 1.03 bits per heavy atom. The van der Waals surface area contributed by atoms with Crippen molar-refractivity contribution >= 4 is 22.6 Å². The second-order valence-corrected chi connectivity index (χ2v) is 9.29. The first-order valence-electron chi connectivity index (χ1n) is 12.4. The first-order valence-corrected chi connectivity index (χ1v) is 12.4. The lowest BCUT2D eigenvalue weighted by Crippen LogP contribution is -2.46. The molecular formula is C27H35N3O4. The summed E-state index contributed by atoms with van der Waals surface area (Å²) in [7, 11) is 0. The number of rotatable bonds is 11. The molecule has 0 aromatic heterocycles. The smallest absolute Gasteiger partial charge is 0.250 e. The van der Waals surface area contributed by atoms with Gasteiger partial charge in [0, 0.05) is 37.0 Å². The fraction of sp³-hybridized carbons (Fsp3) is 0.481. The SMILES string of the molecule is O=C(CCCC/C=C(\COc1cccc2ccccc12)C(=O)NC1CCN(C2CC2)CC1)NO. The first-order chi connectivity index (χ1) is 16.6. The second kappa shape index (κ2) is 12.0. The summed E-state index contributed by atoms with van der Waals surface area (Å²) in [6.07, 6.45) is 8.84. The van der Waals surface area contributed by atoms with E-state index in [1.165, 1.54) is 12.8 Å². The van der Waals surface area contributed by atoms with Gasteiger partial charge in [0.2, 0.25) is 5.91 Å². The van der Waals surface area contributed by atoms with E-state index in [1.54, 1.807) is 5.48 Å². The number of nitrogens with one attached hydrogen (secondary N) is 2. The molecule has 1 saturated heterocycles. The lowest BCUT2D eigenvalue weighted by atomic mass is 10.0. The minimum atomic E-state index is -0.390. The van der Waals surface area contributed by atoms with E-state index in [0.717, 1.165) is 54.9 Å². The lowest BCUT2D eigenvalue weighted by Gasteiger charge is -2.32. The molecule has 0 bridgehead atoms. The minimum Gasteiger partial charge on any atom is -0.488 e. The molecule has 0 atom stereocenters. The van der Waals surface area contributed by atoms with Crippen LogP contribution in [0, 0.1) is 0 Å². The van der Waals surface area contributed by atoms with Gasteiger partial charge in [0.25, 0.3) is 5.91 Å². The van der Waals surface area contributed by atoms with Crippen molar-refractivity contribution in [3.05, 3.63) is 54.1 Å². The predicted octanol–water partition coefficient (Wildman–Crippen LogP) is 3.95. The van der Waals surface area contributed by atoms with Crippen molar-refractivity contribution in [3.63, 3.8) is 0 Å². The van der Waals surface area contributed by atoms with E-state index in [2.05, 4.69) is 10.2 Å². The van der Waals surface area contributed by atoms with Crippen molar-refractivity contribution < 1.29 is 19.5 Å². The summed E-state index contributed by atoms with van der Waals surface area (Å²) in [4.78, 5) is 26.9. The Hall–Kier alpha value is -2.90. The highest BCUT2D eigenvalue weighted by atomic mass is 16.5. The van der Waals surface area contributed by atoms with Crippen LogP contribution in [-0.4, -0.2) is 53.7 Å². The number of piperidine rings is 1. The van der Waals surface area contributed by atoms with Crippen LogP contribution >= 0.6 is 0 Å². The Labute approximate surface area is 201 Å². The average molecular weight is 466 g/mol. The van der Waals surface area contributed by atoms with Crippen molar-refractivity contribution in [3.8, 4) is 5.75 Å². The van der Waals surface area contributed by atoms with E-state index in [0.29, 0.717) is 18.4 Å². The highest BCUT2D eigenvalue weighted by Gasteiger charge is 2.32. The number of hydroxylamine groups is 1. The number of carbonyl (C=O) groups is 2. The van der Waals surface area contributed by atoms with Crippen LogP contribution in [0.4, 0.5) is 0 Å². The molecule has 0 unspecified atom stereocenters. The minimum absolute atomic E-state index is 0.0711. The van der Waals surface area contributed by atoms with Gasteiger partial charge in [0.15, 0.2) is 0 Å². The van der Waals surface area contributed by atoms with Crippen LogP contribution in [0.1, 0.15) is 51.4 Å². The Kier molecular flexibility index (Phi) is 8.55. The number of likely N-dealkylation sites (tertiary alicyclic amines) is 1. The zero-order valence-corrected chi connectivity index (χ0v) is 19.7. The largest absolute Gasteiger partial charge is 0.488 e. The van der Waals surface area contributed by atoms with Gasteiger partial charge < -0.3 is 15.0 Å². The molecule has 1 saturated carbocycles. The van der Waals surface area contributed by atoms with Crippen LogP contribution in [-0.2, 0) is 9.59 Å². The topological polar surface area (TPSA) is 90.9 Å². The summed E-state index contributed by atoms with van der Waals surface area (Å²) in [5.74, 6) is 0.297. The van der Waals surface area contributed by atoms with Crippen molar-refractivity contribution in [1.29, 1.82) is 0 Å². The monoisotopic (exact) mass is 465 g/mol. The Bertz CT molecular complexity index is 1000. The molecule has 1 heterocycles.